The Hall–Kier alpha value is -3.22. The fourth-order valence-corrected chi connectivity index (χ4v) is 6.82. The van der Waals surface area contributed by atoms with Crippen molar-refractivity contribution in [3.05, 3.63) is 70.3 Å². The number of hydrogen-bond acceptors (Lipinski definition) is 6. The average molecular weight is 570 g/mol. The zero-order valence-corrected chi connectivity index (χ0v) is 26.2. The van der Waals surface area contributed by atoms with E-state index in [1.54, 1.807) is 0 Å². The summed E-state index contributed by atoms with van der Waals surface area (Å²) in [6.07, 6.45) is 5.35. The van der Waals surface area contributed by atoms with Crippen LogP contribution in [0.1, 0.15) is 68.8 Å². The molecule has 2 aromatic carbocycles. The zero-order valence-electron chi connectivity index (χ0n) is 26.2. The predicted molar refractivity (Wildman–Crippen MR) is 173 cm³/mol. The highest BCUT2D eigenvalue weighted by Gasteiger charge is 2.26. The SMILES string of the molecule is CCN(c1cc(-c2cccc(N3CCN(C)CC3)c2)cc(C(=O)CCC2=C(C)C=C(C)CC2=O)c1C)C1CCOCC1. The Bertz CT molecular complexity index is 1380. The Morgan fingerprint density at radius 2 is 1.74 bits per heavy atom. The Morgan fingerprint density at radius 1 is 1.00 bits per heavy atom. The number of piperazine rings is 1. The van der Waals surface area contributed by atoms with Crippen LogP contribution in [-0.2, 0) is 9.53 Å². The number of ketones is 2. The van der Waals surface area contributed by atoms with Gasteiger partial charge in [-0.1, -0.05) is 23.8 Å². The smallest absolute Gasteiger partial charge is 0.163 e. The molecule has 0 spiro atoms. The van der Waals surface area contributed by atoms with Crippen molar-refractivity contribution in [2.75, 3.05) is 62.8 Å². The van der Waals surface area contributed by atoms with Crippen LogP contribution in [-0.4, -0.2) is 75.5 Å². The normalized spacial score (nSPS) is 18.8. The number of hydrogen-bond donors (Lipinski definition) is 0. The number of allylic oxidation sites excluding steroid dienone is 4. The van der Waals surface area contributed by atoms with Gasteiger partial charge in [0.1, 0.15) is 0 Å². The number of likely N-dealkylation sites (N-methyl/N-ethyl adjacent to an activating group) is 1. The molecule has 2 saturated heterocycles. The van der Waals surface area contributed by atoms with Crippen molar-refractivity contribution in [2.45, 2.75) is 65.8 Å². The number of carbonyl (C=O) groups excluding carboxylic acids is 2. The Balaban J connectivity index is 1.51. The summed E-state index contributed by atoms with van der Waals surface area (Å²) in [6.45, 7) is 14.8. The van der Waals surface area contributed by atoms with Crippen molar-refractivity contribution in [3.63, 3.8) is 0 Å². The monoisotopic (exact) mass is 569 g/mol. The van der Waals surface area contributed by atoms with Crippen LogP contribution in [0.25, 0.3) is 11.1 Å². The number of carbonyl (C=O) groups is 2. The van der Waals surface area contributed by atoms with Gasteiger partial charge in [0.15, 0.2) is 11.6 Å². The summed E-state index contributed by atoms with van der Waals surface area (Å²) in [7, 11) is 2.18. The second-order valence-corrected chi connectivity index (χ2v) is 12.3. The van der Waals surface area contributed by atoms with Crippen molar-refractivity contribution in [1.82, 2.24) is 4.90 Å². The van der Waals surface area contributed by atoms with Crippen molar-refractivity contribution in [3.8, 4) is 11.1 Å². The van der Waals surface area contributed by atoms with Crippen LogP contribution >= 0.6 is 0 Å². The van der Waals surface area contributed by atoms with Gasteiger partial charge in [0, 0.05) is 81.8 Å². The fourth-order valence-electron chi connectivity index (χ4n) is 6.82. The maximum atomic E-state index is 14.0. The van der Waals surface area contributed by atoms with E-state index in [0.717, 1.165) is 103 Å². The molecule has 2 aliphatic heterocycles. The van der Waals surface area contributed by atoms with Crippen LogP contribution in [0, 0.1) is 6.92 Å². The Labute approximate surface area is 252 Å². The van der Waals surface area contributed by atoms with Gasteiger partial charge in [-0.15, -0.1) is 0 Å². The van der Waals surface area contributed by atoms with Gasteiger partial charge >= 0.3 is 0 Å². The van der Waals surface area contributed by atoms with E-state index in [0.29, 0.717) is 25.3 Å². The van der Waals surface area contributed by atoms with Gasteiger partial charge in [-0.05, 0) is 106 Å². The standard InChI is InChI=1S/C36H47N3O3/c1-6-39(30-12-18-42-19-13-30)34-24-29(28-8-7-9-31(22-28)38-16-14-37(5)15-17-38)23-33(27(34)4)35(40)11-10-32-26(3)20-25(2)21-36(32)41/h7-9,20,22-24,30H,6,10-19,21H2,1-5H3. The topological polar surface area (TPSA) is 53.1 Å². The van der Waals surface area contributed by atoms with Crippen LogP contribution in [0.4, 0.5) is 11.4 Å². The van der Waals surface area contributed by atoms with Gasteiger partial charge in [-0.3, -0.25) is 9.59 Å². The molecule has 1 aliphatic carbocycles. The lowest BCUT2D eigenvalue weighted by atomic mass is 9.87. The van der Waals surface area contributed by atoms with E-state index in [-0.39, 0.29) is 11.6 Å². The van der Waals surface area contributed by atoms with E-state index >= 15 is 0 Å². The maximum absolute atomic E-state index is 14.0. The number of Topliss-reactive ketones (excluding diaryl/α,β-unsaturated/α-hetero) is 2. The lowest BCUT2D eigenvalue weighted by molar-refractivity contribution is -0.115. The third kappa shape index (κ3) is 6.71. The van der Waals surface area contributed by atoms with Crippen LogP contribution in [0.3, 0.4) is 0 Å². The molecule has 0 radical (unpaired) electrons. The molecule has 6 nitrogen and oxygen atoms in total. The molecule has 5 rings (SSSR count). The zero-order chi connectivity index (χ0) is 29.8. The van der Waals surface area contributed by atoms with Crippen molar-refractivity contribution >= 4 is 22.9 Å². The summed E-state index contributed by atoms with van der Waals surface area (Å²) in [6, 6.07) is 13.6. The summed E-state index contributed by atoms with van der Waals surface area (Å²) in [5, 5.41) is 0. The summed E-state index contributed by atoms with van der Waals surface area (Å²) < 4.78 is 5.68. The number of nitrogens with zero attached hydrogens (tertiary/aromatic N) is 3. The lowest BCUT2D eigenvalue weighted by Crippen LogP contribution is -2.44. The van der Waals surface area contributed by atoms with E-state index in [1.807, 2.05) is 13.8 Å². The van der Waals surface area contributed by atoms with Gasteiger partial charge in [-0.25, -0.2) is 0 Å². The van der Waals surface area contributed by atoms with E-state index in [4.69, 9.17) is 4.74 Å². The molecule has 0 aromatic heterocycles. The number of benzene rings is 2. The average Bonchev–Trinajstić information content (AvgIpc) is 2.98. The molecule has 3 aliphatic rings. The van der Waals surface area contributed by atoms with E-state index in [2.05, 4.69) is 78.1 Å². The lowest BCUT2D eigenvalue weighted by Gasteiger charge is -2.37. The van der Waals surface area contributed by atoms with Crippen LogP contribution < -0.4 is 9.80 Å². The van der Waals surface area contributed by atoms with Gasteiger partial charge in [0.25, 0.3) is 0 Å². The van der Waals surface area contributed by atoms with Gasteiger partial charge in [-0.2, -0.15) is 0 Å². The minimum atomic E-state index is 0.105. The largest absolute Gasteiger partial charge is 0.381 e. The highest BCUT2D eigenvalue weighted by molar-refractivity contribution is 6.03. The maximum Gasteiger partial charge on any atom is 0.163 e. The van der Waals surface area contributed by atoms with Crippen molar-refractivity contribution in [2.24, 2.45) is 0 Å². The van der Waals surface area contributed by atoms with Crippen molar-refractivity contribution in [1.29, 1.82) is 0 Å². The summed E-state index contributed by atoms with van der Waals surface area (Å²) in [5.41, 5.74) is 9.27. The molecular formula is C36H47N3O3. The molecule has 2 fully saturated rings. The minimum Gasteiger partial charge on any atom is -0.381 e. The molecule has 0 saturated carbocycles. The molecule has 42 heavy (non-hydrogen) atoms. The van der Waals surface area contributed by atoms with Crippen molar-refractivity contribution < 1.29 is 14.3 Å². The molecule has 0 N–H and O–H groups in total. The summed E-state index contributed by atoms with van der Waals surface area (Å²) in [4.78, 5) is 34.0. The molecular weight excluding hydrogens is 522 g/mol. The molecule has 0 unspecified atom stereocenters. The molecule has 2 heterocycles. The third-order valence-corrected chi connectivity index (χ3v) is 9.33. The number of ether oxygens (including phenoxy) is 1. The van der Waals surface area contributed by atoms with Crippen LogP contribution in [0.15, 0.2) is 59.2 Å². The highest BCUT2D eigenvalue weighted by atomic mass is 16.5. The Kier molecular flexibility index (Phi) is 9.64. The third-order valence-electron chi connectivity index (χ3n) is 9.33. The Morgan fingerprint density at radius 3 is 2.43 bits per heavy atom. The van der Waals surface area contributed by atoms with E-state index in [1.165, 1.54) is 5.69 Å². The molecule has 0 bridgehead atoms. The fraction of sp³-hybridized carbons (Fsp3) is 0.500. The summed E-state index contributed by atoms with van der Waals surface area (Å²) in [5.74, 6) is 0.261. The molecule has 2 aromatic rings. The molecule has 0 atom stereocenters. The second-order valence-electron chi connectivity index (χ2n) is 12.3. The molecule has 0 amide bonds. The molecule has 224 valence electrons. The number of anilines is 2. The van der Waals surface area contributed by atoms with Gasteiger partial charge in [0.2, 0.25) is 0 Å². The first-order valence-electron chi connectivity index (χ1n) is 15.7. The van der Waals surface area contributed by atoms with Gasteiger partial charge < -0.3 is 19.4 Å². The highest BCUT2D eigenvalue weighted by Crippen LogP contribution is 2.36. The molecule has 6 heteroatoms. The van der Waals surface area contributed by atoms with Gasteiger partial charge in [0.05, 0.1) is 0 Å². The number of rotatable bonds is 9. The van der Waals surface area contributed by atoms with E-state index < -0.39 is 0 Å². The van der Waals surface area contributed by atoms with Crippen LogP contribution in [0.2, 0.25) is 0 Å². The summed E-state index contributed by atoms with van der Waals surface area (Å²) >= 11 is 0. The second kappa shape index (κ2) is 13.4. The van der Waals surface area contributed by atoms with Crippen LogP contribution in [0.5, 0.6) is 0 Å². The first-order valence-corrected chi connectivity index (χ1v) is 15.7. The quantitative estimate of drug-likeness (QED) is 0.317. The predicted octanol–water partition coefficient (Wildman–Crippen LogP) is 6.62. The van der Waals surface area contributed by atoms with E-state index in [9.17, 15) is 9.59 Å². The minimum absolute atomic E-state index is 0.105. The first kappa shape index (κ1) is 30.2. The first-order chi connectivity index (χ1) is 20.2.